The summed E-state index contributed by atoms with van der Waals surface area (Å²) in [6.07, 6.45) is 4.56. The normalized spacial score (nSPS) is 19.8. The SMILES string of the molecule is CCCCOC(=O)CN(CC)CC1CCCO1. The van der Waals surface area contributed by atoms with E-state index in [0.29, 0.717) is 19.3 Å². The zero-order chi connectivity index (χ0) is 12.5. The molecule has 1 rings (SSSR count). The number of likely N-dealkylation sites (N-methyl/N-ethyl adjacent to an activating group) is 1. The van der Waals surface area contributed by atoms with Crippen molar-refractivity contribution in [2.24, 2.45) is 0 Å². The van der Waals surface area contributed by atoms with Crippen LogP contribution < -0.4 is 0 Å². The van der Waals surface area contributed by atoms with Crippen LogP contribution in [0.4, 0.5) is 0 Å². The van der Waals surface area contributed by atoms with E-state index in [-0.39, 0.29) is 5.97 Å². The molecule has 1 fully saturated rings. The van der Waals surface area contributed by atoms with Gasteiger partial charge in [0.15, 0.2) is 0 Å². The van der Waals surface area contributed by atoms with E-state index in [1.807, 2.05) is 0 Å². The number of hydrogen-bond donors (Lipinski definition) is 0. The summed E-state index contributed by atoms with van der Waals surface area (Å²) < 4.78 is 10.7. The van der Waals surface area contributed by atoms with Crippen molar-refractivity contribution in [1.29, 1.82) is 0 Å². The van der Waals surface area contributed by atoms with E-state index < -0.39 is 0 Å². The van der Waals surface area contributed by atoms with Crippen LogP contribution in [-0.4, -0.2) is 49.8 Å². The van der Waals surface area contributed by atoms with Gasteiger partial charge in [-0.2, -0.15) is 0 Å². The Morgan fingerprint density at radius 1 is 1.47 bits per heavy atom. The van der Waals surface area contributed by atoms with Crippen molar-refractivity contribution >= 4 is 5.97 Å². The fraction of sp³-hybridized carbons (Fsp3) is 0.923. The number of hydrogen-bond acceptors (Lipinski definition) is 4. The standard InChI is InChI=1S/C13H25NO3/c1-3-5-8-17-13(15)11-14(4-2)10-12-7-6-9-16-12/h12H,3-11H2,1-2H3. The maximum atomic E-state index is 11.6. The van der Waals surface area contributed by atoms with Gasteiger partial charge < -0.3 is 9.47 Å². The Morgan fingerprint density at radius 2 is 2.29 bits per heavy atom. The van der Waals surface area contributed by atoms with Gasteiger partial charge in [-0.15, -0.1) is 0 Å². The third-order valence-electron chi connectivity index (χ3n) is 3.05. The largest absolute Gasteiger partial charge is 0.465 e. The molecule has 0 amide bonds. The highest BCUT2D eigenvalue weighted by molar-refractivity contribution is 5.71. The highest BCUT2D eigenvalue weighted by atomic mass is 16.5. The Morgan fingerprint density at radius 3 is 2.88 bits per heavy atom. The third kappa shape index (κ3) is 6.03. The van der Waals surface area contributed by atoms with Gasteiger partial charge in [0.2, 0.25) is 0 Å². The van der Waals surface area contributed by atoms with E-state index in [2.05, 4.69) is 18.7 Å². The van der Waals surface area contributed by atoms with Crippen molar-refractivity contribution in [1.82, 2.24) is 4.90 Å². The van der Waals surface area contributed by atoms with E-state index in [1.165, 1.54) is 0 Å². The molecule has 1 saturated heterocycles. The fourth-order valence-corrected chi connectivity index (χ4v) is 1.94. The van der Waals surface area contributed by atoms with E-state index >= 15 is 0 Å². The van der Waals surface area contributed by atoms with E-state index in [1.54, 1.807) is 0 Å². The zero-order valence-corrected chi connectivity index (χ0v) is 11.1. The molecule has 0 spiro atoms. The van der Waals surface area contributed by atoms with Gasteiger partial charge in [0, 0.05) is 13.2 Å². The van der Waals surface area contributed by atoms with Crippen LogP contribution in [0.15, 0.2) is 0 Å². The van der Waals surface area contributed by atoms with Crippen LogP contribution in [-0.2, 0) is 14.3 Å². The van der Waals surface area contributed by atoms with Crippen LogP contribution in [0.3, 0.4) is 0 Å². The number of esters is 1. The first-order chi connectivity index (χ1) is 8.26. The fourth-order valence-electron chi connectivity index (χ4n) is 1.94. The summed E-state index contributed by atoms with van der Waals surface area (Å²) in [5, 5.41) is 0. The Balaban J connectivity index is 2.18. The molecule has 0 radical (unpaired) electrons. The molecule has 0 aliphatic carbocycles. The monoisotopic (exact) mass is 243 g/mol. The van der Waals surface area contributed by atoms with Gasteiger partial charge in [-0.05, 0) is 25.8 Å². The molecule has 17 heavy (non-hydrogen) atoms. The molecule has 0 saturated carbocycles. The van der Waals surface area contributed by atoms with Crippen molar-refractivity contribution in [2.45, 2.75) is 45.6 Å². The van der Waals surface area contributed by atoms with Crippen molar-refractivity contribution in [2.75, 3.05) is 32.8 Å². The first-order valence-electron chi connectivity index (χ1n) is 6.75. The summed E-state index contributed by atoms with van der Waals surface area (Å²) in [6, 6.07) is 0. The molecule has 0 N–H and O–H groups in total. The Hall–Kier alpha value is -0.610. The van der Waals surface area contributed by atoms with Gasteiger partial charge in [0.1, 0.15) is 0 Å². The topological polar surface area (TPSA) is 38.8 Å². The minimum atomic E-state index is -0.113. The molecule has 1 aliphatic heterocycles. The van der Waals surface area contributed by atoms with Gasteiger partial charge in [0.25, 0.3) is 0 Å². The highest BCUT2D eigenvalue weighted by Gasteiger charge is 2.20. The van der Waals surface area contributed by atoms with Gasteiger partial charge in [-0.3, -0.25) is 9.69 Å². The molecule has 0 aromatic rings. The molecule has 0 bridgehead atoms. The lowest BCUT2D eigenvalue weighted by atomic mass is 10.2. The molecule has 4 heteroatoms. The molecule has 1 atom stereocenters. The van der Waals surface area contributed by atoms with Crippen LogP contribution in [0.1, 0.15) is 39.5 Å². The first kappa shape index (κ1) is 14.5. The summed E-state index contributed by atoms with van der Waals surface area (Å²) in [7, 11) is 0. The number of carbonyl (C=O) groups is 1. The lowest BCUT2D eigenvalue weighted by molar-refractivity contribution is -0.145. The Bertz CT molecular complexity index is 215. The summed E-state index contributed by atoms with van der Waals surface area (Å²) in [5.41, 5.74) is 0. The molecule has 1 aliphatic rings. The second-order valence-electron chi connectivity index (χ2n) is 4.54. The average Bonchev–Trinajstić information content (AvgIpc) is 2.81. The molecule has 100 valence electrons. The number of carbonyl (C=O) groups excluding carboxylic acids is 1. The number of unbranched alkanes of at least 4 members (excludes halogenated alkanes) is 1. The Kier molecular flexibility index (Phi) is 7.21. The maximum absolute atomic E-state index is 11.6. The first-order valence-corrected chi connectivity index (χ1v) is 6.75. The molecule has 4 nitrogen and oxygen atoms in total. The quantitative estimate of drug-likeness (QED) is 0.481. The van der Waals surface area contributed by atoms with Gasteiger partial charge in [-0.25, -0.2) is 0 Å². The van der Waals surface area contributed by atoms with Gasteiger partial charge in [0.05, 0.1) is 19.3 Å². The predicted octanol–water partition coefficient (Wildman–Crippen LogP) is 1.83. The third-order valence-corrected chi connectivity index (χ3v) is 3.05. The molecule has 1 heterocycles. The summed E-state index contributed by atoms with van der Waals surface area (Å²) in [4.78, 5) is 13.7. The molecular formula is C13H25NO3. The summed E-state index contributed by atoms with van der Waals surface area (Å²) >= 11 is 0. The van der Waals surface area contributed by atoms with Crippen LogP contribution in [0.5, 0.6) is 0 Å². The van der Waals surface area contributed by atoms with E-state index in [9.17, 15) is 4.79 Å². The summed E-state index contributed by atoms with van der Waals surface area (Å²) in [6.45, 7) is 7.66. The van der Waals surface area contributed by atoms with Gasteiger partial charge in [-0.1, -0.05) is 20.3 Å². The second kappa shape index (κ2) is 8.48. The molecule has 1 unspecified atom stereocenters. The average molecular weight is 243 g/mol. The summed E-state index contributed by atoms with van der Waals surface area (Å²) in [5.74, 6) is -0.113. The van der Waals surface area contributed by atoms with Crippen LogP contribution in [0.2, 0.25) is 0 Å². The maximum Gasteiger partial charge on any atom is 0.320 e. The van der Waals surface area contributed by atoms with Crippen molar-refractivity contribution < 1.29 is 14.3 Å². The van der Waals surface area contributed by atoms with E-state index in [4.69, 9.17) is 9.47 Å². The number of ether oxygens (including phenoxy) is 2. The minimum Gasteiger partial charge on any atom is -0.465 e. The van der Waals surface area contributed by atoms with Gasteiger partial charge >= 0.3 is 5.97 Å². The van der Waals surface area contributed by atoms with Crippen LogP contribution in [0, 0.1) is 0 Å². The lowest BCUT2D eigenvalue weighted by Gasteiger charge is -2.22. The molecule has 0 aromatic heterocycles. The molecular weight excluding hydrogens is 218 g/mol. The minimum absolute atomic E-state index is 0.113. The number of rotatable bonds is 8. The highest BCUT2D eigenvalue weighted by Crippen LogP contribution is 2.13. The lowest BCUT2D eigenvalue weighted by Crippen LogP contribution is -2.36. The van der Waals surface area contributed by atoms with Crippen molar-refractivity contribution in [3.63, 3.8) is 0 Å². The number of nitrogens with zero attached hydrogens (tertiary/aromatic N) is 1. The predicted molar refractivity (Wildman–Crippen MR) is 67.0 cm³/mol. The van der Waals surface area contributed by atoms with E-state index in [0.717, 1.165) is 45.4 Å². The molecule has 0 aromatic carbocycles. The van der Waals surface area contributed by atoms with Crippen LogP contribution >= 0.6 is 0 Å². The smallest absolute Gasteiger partial charge is 0.320 e. The van der Waals surface area contributed by atoms with Crippen LogP contribution in [0.25, 0.3) is 0 Å². The van der Waals surface area contributed by atoms with Crippen molar-refractivity contribution in [3.05, 3.63) is 0 Å². The Labute approximate surface area is 104 Å². The van der Waals surface area contributed by atoms with Crippen molar-refractivity contribution in [3.8, 4) is 0 Å². The second-order valence-corrected chi connectivity index (χ2v) is 4.54. The zero-order valence-electron chi connectivity index (χ0n) is 11.1.